The Hall–Kier alpha value is -0.830. The van der Waals surface area contributed by atoms with Crippen LogP contribution in [0.3, 0.4) is 0 Å². The molecule has 2 rings (SSSR count). The maximum atomic E-state index is 11.6. The Morgan fingerprint density at radius 1 is 1.31 bits per heavy atom. The summed E-state index contributed by atoms with van der Waals surface area (Å²) in [5.74, 6) is 0.535. The van der Waals surface area contributed by atoms with E-state index in [-0.39, 0.29) is 5.91 Å². The third-order valence-electron chi connectivity index (χ3n) is 3.10. The number of carbonyl (C=O) groups is 1. The Kier molecular flexibility index (Phi) is 3.99. The fourth-order valence-corrected chi connectivity index (χ4v) is 2.06. The van der Waals surface area contributed by atoms with Crippen LogP contribution in [-0.2, 0) is 11.2 Å². The van der Waals surface area contributed by atoms with Crippen molar-refractivity contribution in [3.8, 4) is 0 Å². The maximum Gasteiger partial charge on any atom is 0.223 e. The van der Waals surface area contributed by atoms with Crippen LogP contribution in [0.1, 0.15) is 24.8 Å². The second-order valence-electron chi connectivity index (χ2n) is 4.30. The highest BCUT2D eigenvalue weighted by Crippen LogP contribution is 2.26. The molecule has 1 aliphatic rings. The first-order valence-corrected chi connectivity index (χ1v) is 6.57. The molecular weight excluding hydrogens is 266 g/mol. The van der Waals surface area contributed by atoms with Crippen LogP contribution in [0.5, 0.6) is 0 Å². The molecule has 1 aromatic rings. The van der Waals surface area contributed by atoms with E-state index in [0.29, 0.717) is 5.92 Å². The summed E-state index contributed by atoms with van der Waals surface area (Å²) >= 11 is 3.40. The lowest BCUT2D eigenvalue weighted by Gasteiger charge is -2.23. The van der Waals surface area contributed by atoms with Crippen molar-refractivity contribution < 1.29 is 4.79 Å². The summed E-state index contributed by atoms with van der Waals surface area (Å²) in [4.78, 5) is 11.6. The average Bonchev–Trinajstić information content (AvgIpc) is 2.18. The van der Waals surface area contributed by atoms with Crippen LogP contribution in [0, 0.1) is 5.92 Å². The molecule has 0 aliphatic heterocycles. The molecule has 0 atom stereocenters. The third-order valence-corrected chi connectivity index (χ3v) is 3.63. The number of carbonyl (C=O) groups excluding carboxylic acids is 1. The highest BCUT2D eigenvalue weighted by atomic mass is 79.9. The molecule has 0 unspecified atom stereocenters. The van der Waals surface area contributed by atoms with E-state index in [1.165, 1.54) is 12.0 Å². The van der Waals surface area contributed by atoms with Crippen LogP contribution in [-0.4, -0.2) is 12.5 Å². The molecule has 0 heterocycles. The van der Waals surface area contributed by atoms with Gasteiger partial charge >= 0.3 is 0 Å². The lowest BCUT2D eigenvalue weighted by atomic mass is 9.85. The van der Waals surface area contributed by atoms with Gasteiger partial charge in [0.1, 0.15) is 0 Å². The van der Waals surface area contributed by atoms with Crippen molar-refractivity contribution in [1.29, 1.82) is 0 Å². The molecule has 0 spiro atoms. The first-order valence-electron chi connectivity index (χ1n) is 5.78. The third kappa shape index (κ3) is 3.08. The normalized spacial score (nSPS) is 15.6. The smallest absolute Gasteiger partial charge is 0.223 e. The van der Waals surface area contributed by atoms with Crippen molar-refractivity contribution in [3.63, 3.8) is 0 Å². The van der Waals surface area contributed by atoms with E-state index in [1.807, 2.05) is 12.1 Å². The van der Waals surface area contributed by atoms with Crippen LogP contribution in [0.25, 0.3) is 0 Å². The number of hydrogen-bond acceptors (Lipinski definition) is 1. The SMILES string of the molecule is O=C(NCCc1ccc(Br)cc1)C1CCC1. The van der Waals surface area contributed by atoms with Crippen LogP contribution >= 0.6 is 15.9 Å². The molecule has 0 aromatic heterocycles. The van der Waals surface area contributed by atoms with E-state index >= 15 is 0 Å². The van der Waals surface area contributed by atoms with Crippen LogP contribution in [0.4, 0.5) is 0 Å². The van der Waals surface area contributed by atoms with Gasteiger partial charge in [0.15, 0.2) is 0 Å². The molecule has 3 heteroatoms. The lowest BCUT2D eigenvalue weighted by molar-refractivity contribution is -0.127. The molecule has 1 N–H and O–H groups in total. The largest absolute Gasteiger partial charge is 0.356 e. The van der Waals surface area contributed by atoms with Crippen LogP contribution < -0.4 is 5.32 Å². The first-order chi connectivity index (χ1) is 7.75. The number of halogens is 1. The zero-order chi connectivity index (χ0) is 11.4. The van der Waals surface area contributed by atoms with Gasteiger partial charge in [0.2, 0.25) is 5.91 Å². The minimum Gasteiger partial charge on any atom is -0.356 e. The summed E-state index contributed by atoms with van der Waals surface area (Å²) in [6.07, 6.45) is 4.27. The topological polar surface area (TPSA) is 29.1 Å². The minimum absolute atomic E-state index is 0.239. The Labute approximate surface area is 105 Å². The minimum atomic E-state index is 0.239. The van der Waals surface area contributed by atoms with Gasteiger partial charge in [-0.2, -0.15) is 0 Å². The second kappa shape index (κ2) is 5.48. The summed E-state index contributed by atoms with van der Waals surface area (Å²) in [5, 5.41) is 3.00. The van der Waals surface area contributed by atoms with Crippen molar-refractivity contribution in [2.75, 3.05) is 6.54 Å². The van der Waals surface area contributed by atoms with Crippen molar-refractivity contribution in [1.82, 2.24) is 5.32 Å². The molecule has 1 aliphatic carbocycles. The summed E-state index contributed by atoms with van der Waals surface area (Å²) in [7, 11) is 0. The van der Waals surface area contributed by atoms with Crippen molar-refractivity contribution in [3.05, 3.63) is 34.3 Å². The van der Waals surface area contributed by atoms with Crippen molar-refractivity contribution in [2.24, 2.45) is 5.92 Å². The quantitative estimate of drug-likeness (QED) is 0.904. The molecule has 1 saturated carbocycles. The van der Waals surface area contributed by atoms with Crippen LogP contribution in [0.15, 0.2) is 28.7 Å². The number of rotatable bonds is 4. The molecule has 86 valence electrons. The average molecular weight is 282 g/mol. The zero-order valence-corrected chi connectivity index (χ0v) is 10.8. The highest BCUT2D eigenvalue weighted by Gasteiger charge is 2.24. The molecule has 0 saturated heterocycles. The van der Waals surface area contributed by atoms with E-state index in [4.69, 9.17) is 0 Å². The highest BCUT2D eigenvalue weighted by molar-refractivity contribution is 9.10. The number of hydrogen-bond donors (Lipinski definition) is 1. The fourth-order valence-electron chi connectivity index (χ4n) is 1.80. The first kappa shape index (κ1) is 11.6. The van der Waals surface area contributed by atoms with Gasteiger partial charge in [-0.15, -0.1) is 0 Å². The molecule has 1 aromatic carbocycles. The molecule has 16 heavy (non-hydrogen) atoms. The van der Waals surface area contributed by atoms with Gasteiger partial charge in [-0.25, -0.2) is 0 Å². The van der Waals surface area contributed by atoms with E-state index in [9.17, 15) is 4.79 Å². The predicted octanol–water partition coefficient (Wildman–Crippen LogP) is 2.91. The molecule has 2 nitrogen and oxygen atoms in total. The lowest BCUT2D eigenvalue weighted by Crippen LogP contribution is -2.35. The number of nitrogens with one attached hydrogen (secondary N) is 1. The van der Waals surface area contributed by atoms with Gasteiger partial charge in [0.05, 0.1) is 0 Å². The fraction of sp³-hybridized carbons (Fsp3) is 0.462. The molecule has 0 bridgehead atoms. The molecular formula is C13H16BrNO. The van der Waals surface area contributed by atoms with E-state index in [1.54, 1.807) is 0 Å². The van der Waals surface area contributed by atoms with E-state index in [2.05, 4.69) is 33.4 Å². The standard InChI is InChI=1S/C13H16BrNO/c14-12-6-4-10(5-7-12)8-9-15-13(16)11-2-1-3-11/h4-7,11H,1-3,8-9H2,(H,15,16). The number of benzene rings is 1. The summed E-state index contributed by atoms with van der Waals surface area (Å²) < 4.78 is 1.09. The summed E-state index contributed by atoms with van der Waals surface area (Å²) in [6, 6.07) is 8.23. The molecule has 0 radical (unpaired) electrons. The van der Waals surface area contributed by atoms with Crippen molar-refractivity contribution in [2.45, 2.75) is 25.7 Å². The molecule has 1 amide bonds. The van der Waals surface area contributed by atoms with Gasteiger partial charge in [-0.1, -0.05) is 34.5 Å². The van der Waals surface area contributed by atoms with Gasteiger partial charge in [0.25, 0.3) is 0 Å². The summed E-state index contributed by atoms with van der Waals surface area (Å²) in [5.41, 5.74) is 1.26. The van der Waals surface area contributed by atoms with Gasteiger partial charge < -0.3 is 5.32 Å². The monoisotopic (exact) mass is 281 g/mol. The Morgan fingerprint density at radius 3 is 2.56 bits per heavy atom. The van der Waals surface area contributed by atoms with Crippen molar-refractivity contribution >= 4 is 21.8 Å². The Morgan fingerprint density at radius 2 is 2.00 bits per heavy atom. The second-order valence-corrected chi connectivity index (χ2v) is 5.21. The predicted molar refractivity (Wildman–Crippen MR) is 68.2 cm³/mol. The van der Waals surface area contributed by atoms with E-state index < -0.39 is 0 Å². The maximum absolute atomic E-state index is 11.6. The number of amides is 1. The van der Waals surface area contributed by atoms with Crippen LogP contribution in [0.2, 0.25) is 0 Å². The zero-order valence-electron chi connectivity index (χ0n) is 9.21. The van der Waals surface area contributed by atoms with Gasteiger partial charge in [-0.3, -0.25) is 4.79 Å². The molecule has 1 fully saturated rings. The van der Waals surface area contributed by atoms with Gasteiger partial charge in [0, 0.05) is 16.9 Å². The van der Waals surface area contributed by atoms with E-state index in [0.717, 1.165) is 30.3 Å². The Balaban J connectivity index is 1.71. The summed E-state index contributed by atoms with van der Waals surface area (Å²) in [6.45, 7) is 0.747. The van der Waals surface area contributed by atoms with Gasteiger partial charge in [-0.05, 0) is 37.0 Å². The Bertz CT molecular complexity index is 357.